The van der Waals surface area contributed by atoms with Crippen LogP contribution in [0, 0.1) is 5.82 Å². The number of rotatable bonds is 5. The molecule has 0 saturated carbocycles. The summed E-state index contributed by atoms with van der Waals surface area (Å²) in [6, 6.07) is 5.76. The van der Waals surface area contributed by atoms with Crippen LogP contribution in [-0.4, -0.2) is 17.4 Å². The van der Waals surface area contributed by atoms with Gasteiger partial charge in [-0.25, -0.2) is 4.39 Å². The highest BCUT2D eigenvalue weighted by Crippen LogP contribution is 2.24. The number of nitrogens with one attached hydrogen (secondary N) is 2. The summed E-state index contributed by atoms with van der Waals surface area (Å²) in [6.45, 7) is 2.78. The van der Waals surface area contributed by atoms with Crippen molar-refractivity contribution in [2.75, 3.05) is 17.2 Å². The maximum atomic E-state index is 13.3. The molecule has 1 heterocycles. The van der Waals surface area contributed by atoms with Gasteiger partial charge in [-0.2, -0.15) is 0 Å². The summed E-state index contributed by atoms with van der Waals surface area (Å²) in [5, 5.41) is 5.84. The van der Waals surface area contributed by atoms with Gasteiger partial charge in [0.2, 0.25) is 0 Å². The van der Waals surface area contributed by atoms with E-state index in [0.717, 1.165) is 13.0 Å². The van der Waals surface area contributed by atoms with Gasteiger partial charge < -0.3 is 10.6 Å². The van der Waals surface area contributed by atoms with Gasteiger partial charge in [-0.3, -0.25) is 9.78 Å². The molecule has 0 atom stereocenters. The molecule has 0 aliphatic carbocycles. The molecule has 0 unspecified atom stereocenters. The zero-order valence-corrected chi connectivity index (χ0v) is 13.1. The predicted octanol–water partition coefficient (Wildman–Crippen LogP) is 4.06. The van der Waals surface area contributed by atoms with Gasteiger partial charge in [0, 0.05) is 17.2 Å². The fourth-order valence-corrected chi connectivity index (χ4v) is 2.12. The second-order valence-corrected chi connectivity index (χ2v) is 5.28. The molecule has 1 aromatic heterocycles. The molecule has 0 aliphatic heterocycles. The number of hydrogen-bond donors (Lipinski definition) is 2. The van der Waals surface area contributed by atoms with Crippen LogP contribution in [0.25, 0.3) is 0 Å². The summed E-state index contributed by atoms with van der Waals surface area (Å²) >= 11 is 3.28. The lowest BCUT2D eigenvalue weighted by atomic mass is 10.2. The van der Waals surface area contributed by atoms with Crippen LogP contribution in [0.15, 0.2) is 41.1 Å². The maximum Gasteiger partial charge on any atom is 0.257 e. The molecule has 4 nitrogen and oxygen atoms in total. The zero-order valence-electron chi connectivity index (χ0n) is 11.5. The van der Waals surface area contributed by atoms with Crippen LogP contribution >= 0.6 is 15.9 Å². The largest absolute Gasteiger partial charge is 0.383 e. The van der Waals surface area contributed by atoms with Crippen molar-refractivity contribution < 1.29 is 9.18 Å². The maximum absolute atomic E-state index is 13.3. The Morgan fingerprint density at radius 2 is 2.14 bits per heavy atom. The van der Waals surface area contributed by atoms with Crippen LogP contribution in [0.5, 0.6) is 0 Å². The molecule has 0 radical (unpaired) electrons. The van der Waals surface area contributed by atoms with E-state index in [4.69, 9.17) is 0 Å². The molecule has 0 saturated heterocycles. The molecule has 0 spiro atoms. The van der Waals surface area contributed by atoms with Crippen LogP contribution in [0.3, 0.4) is 0 Å². The summed E-state index contributed by atoms with van der Waals surface area (Å²) in [6.07, 6.45) is 4.09. The van der Waals surface area contributed by atoms with Crippen LogP contribution in [0.2, 0.25) is 0 Å². The third kappa shape index (κ3) is 4.01. The number of benzene rings is 1. The average Bonchev–Trinajstić information content (AvgIpc) is 2.49. The third-order valence-electron chi connectivity index (χ3n) is 2.81. The quantitative estimate of drug-likeness (QED) is 0.853. The Morgan fingerprint density at radius 1 is 1.33 bits per heavy atom. The number of halogens is 2. The first kappa shape index (κ1) is 15.4. The highest BCUT2D eigenvalue weighted by atomic mass is 79.9. The van der Waals surface area contributed by atoms with E-state index in [1.54, 1.807) is 24.5 Å². The van der Waals surface area contributed by atoms with E-state index in [1.807, 2.05) is 6.92 Å². The Labute approximate surface area is 130 Å². The van der Waals surface area contributed by atoms with Gasteiger partial charge >= 0.3 is 0 Å². The molecule has 21 heavy (non-hydrogen) atoms. The molecular formula is C15H15BrFN3O. The van der Waals surface area contributed by atoms with Crippen molar-refractivity contribution in [1.82, 2.24) is 4.98 Å². The molecule has 110 valence electrons. The van der Waals surface area contributed by atoms with Crippen molar-refractivity contribution in [3.05, 3.63) is 52.5 Å². The summed E-state index contributed by atoms with van der Waals surface area (Å²) in [5.74, 6) is -0.727. The molecule has 0 aliphatic rings. The van der Waals surface area contributed by atoms with E-state index in [2.05, 4.69) is 31.5 Å². The van der Waals surface area contributed by atoms with E-state index in [0.29, 0.717) is 21.4 Å². The summed E-state index contributed by atoms with van der Waals surface area (Å²) in [5.41, 5.74) is 1.51. The fourth-order valence-electron chi connectivity index (χ4n) is 1.78. The number of hydrogen-bond acceptors (Lipinski definition) is 3. The molecule has 0 bridgehead atoms. The molecule has 2 N–H and O–H groups in total. The predicted molar refractivity (Wildman–Crippen MR) is 85.1 cm³/mol. The minimum atomic E-state index is -0.410. The summed E-state index contributed by atoms with van der Waals surface area (Å²) in [7, 11) is 0. The lowest BCUT2D eigenvalue weighted by Crippen LogP contribution is -2.15. The Kier molecular flexibility index (Phi) is 5.27. The van der Waals surface area contributed by atoms with Crippen LogP contribution < -0.4 is 10.6 Å². The lowest BCUT2D eigenvalue weighted by molar-refractivity contribution is 0.102. The van der Waals surface area contributed by atoms with Crippen LogP contribution in [0.1, 0.15) is 23.7 Å². The molecule has 6 heteroatoms. The Hall–Kier alpha value is -1.95. The summed E-state index contributed by atoms with van der Waals surface area (Å²) < 4.78 is 13.9. The topological polar surface area (TPSA) is 54.0 Å². The number of aromatic nitrogens is 1. The Bertz CT molecular complexity index is 649. The second-order valence-electron chi connectivity index (χ2n) is 4.43. The van der Waals surface area contributed by atoms with Crippen molar-refractivity contribution in [1.29, 1.82) is 0 Å². The first-order valence-electron chi connectivity index (χ1n) is 6.56. The first-order valence-corrected chi connectivity index (χ1v) is 7.35. The van der Waals surface area contributed by atoms with Gasteiger partial charge in [-0.05, 0) is 46.6 Å². The zero-order chi connectivity index (χ0) is 15.2. The van der Waals surface area contributed by atoms with E-state index < -0.39 is 5.82 Å². The van der Waals surface area contributed by atoms with Gasteiger partial charge in [0.05, 0.1) is 23.1 Å². The number of nitrogens with zero attached hydrogens (tertiary/aromatic N) is 1. The Balaban J connectivity index is 2.22. The van der Waals surface area contributed by atoms with E-state index in [9.17, 15) is 9.18 Å². The third-order valence-corrected chi connectivity index (χ3v) is 3.50. The lowest BCUT2D eigenvalue weighted by Gasteiger charge is -2.12. The number of anilines is 2. The minimum absolute atomic E-state index is 0.317. The highest BCUT2D eigenvalue weighted by Gasteiger charge is 2.13. The van der Waals surface area contributed by atoms with Crippen molar-refractivity contribution in [3.8, 4) is 0 Å². The molecular weight excluding hydrogens is 337 g/mol. The number of carbonyl (C=O) groups excluding carboxylic acids is 1. The van der Waals surface area contributed by atoms with E-state index >= 15 is 0 Å². The number of amides is 1. The monoisotopic (exact) mass is 351 g/mol. The molecule has 2 aromatic rings. The normalized spacial score (nSPS) is 10.2. The van der Waals surface area contributed by atoms with Crippen molar-refractivity contribution in [3.63, 3.8) is 0 Å². The van der Waals surface area contributed by atoms with Crippen LogP contribution in [0.4, 0.5) is 15.8 Å². The molecule has 0 fully saturated rings. The van der Waals surface area contributed by atoms with E-state index in [-0.39, 0.29) is 5.91 Å². The number of pyridine rings is 1. The standard InChI is InChI=1S/C15H15BrFN3O/c1-2-6-19-14-9-18-7-5-11(14)15(21)20-13-8-10(17)3-4-12(13)16/h3-5,7-9,19H,2,6H2,1H3,(H,20,21). The van der Waals surface area contributed by atoms with Gasteiger partial charge in [0.15, 0.2) is 0 Å². The smallest absolute Gasteiger partial charge is 0.257 e. The van der Waals surface area contributed by atoms with Crippen LogP contribution in [-0.2, 0) is 0 Å². The van der Waals surface area contributed by atoms with Crippen molar-refractivity contribution in [2.24, 2.45) is 0 Å². The molecule has 1 amide bonds. The fraction of sp³-hybridized carbons (Fsp3) is 0.200. The van der Waals surface area contributed by atoms with E-state index in [1.165, 1.54) is 12.1 Å². The number of carbonyl (C=O) groups is 1. The van der Waals surface area contributed by atoms with Gasteiger partial charge in [0.1, 0.15) is 5.82 Å². The average molecular weight is 352 g/mol. The van der Waals surface area contributed by atoms with Gasteiger partial charge in [-0.15, -0.1) is 0 Å². The highest BCUT2D eigenvalue weighted by molar-refractivity contribution is 9.10. The second kappa shape index (κ2) is 7.17. The van der Waals surface area contributed by atoms with Gasteiger partial charge in [0.25, 0.3) is 5.91 Å². The van der Waals surface area contributed by atoms with Crippen molar-refractivity contribution in [2.45, 2.75) is 13.3 Å². The first-order chi connectivity index (χ1) is 10.1. The molecule has 1 aromatic carbocycles. The minimum Gasteiger partial charge on any atom is -0.383 e. The summed E-state index contributed by atoms with van der Waals surface area (Å²) in [4.78, 5) is 16.3. The Morgan fingerprint density at radius 3 is 2.90 bits per heavy atom. The molecule has 2 rings (SSSR count). The van der Waals surface area contributed by atoms with Gasteiger partial charge in [-0.1, -0.05) is 6.92 Å². The van der Waals surface area contributed by atoms with Crippen molar-refractivity contribution >= 4 is 33.2 Å². The SMILES string of the molecule is CCCNc1cnccc1C(=O)Nc1cc(F)ccc1Br.